The third kappa shape index (κ3) is 1.33. The smallest absolute Gasteiger partial charge is 0.0567 e. The Kier molecular flexibility index (Phi) is 2.30. The van der Waals surface area contributed by atoms with E-state index in [0.717, 1.165) is 12.5 Å². The molecule has 2 aliphatic rings. The van der Waals surface area contributed by atoms with Crippen molar-refractivity contribution in [3.63, 3.8) is 0 Å². The topological polar surface area (TPSA) is 29.3 Å². The Morgan fingerprint density at radius 2 is 1.94 bits per heavy atom. The van der Waals surface area contributed by atoms with Gasteiger partial charge in [0.15, 0.2) is 0 Å². The van der Waals surface area contributed by atoms with Crippen LogP contribution in [0.5, 0.6) is 0 Å². The zero-order valence-electron chi connectivity index (χ0n) is 9.89. The molecule has 1 aromatic rings. The summed E-state index contributed by atoms with van der Waals surface area (Å²) in [4.78, 5) is 2.51. The van der Waals surface area contributed by atoms with Crippen molar-refractivity contribution < 1.29 is 0 Å². The zero-order chi connectivity index (χ0) is 11.2. The average Bonchev–Trinajstić information content (AvgIpc) is 2.58. The molecule has 2 fully saturated rings. The average molecular weight is 216 g/mol. The fraction of sp³-hybridized carbons (Fsp3) is 0.571. The summed E-state index contributed by atoms with van der Waals surface area (Å²) in [6.07, 6.45) is 4.97. The van der Waals surface area contributed by atoms with E-state index in [9.17, 15) is 0 Å². The first kappa shape index (κ1) is 10.3. The Labute approximate surface area is 97.4 Å². The Morgan fingerprint density at radius 1 is 1.19 bits per heavy atom. The molecule has 1 aromatic carbocycles. The largest absolute Gasteiger partial charge is 0.320 e. The Morgan fingerprint density at radius 3 is 2.69 bits per heavy atom. The predicted octanol–water partition coefficient (Wildman–Crippen LogP) is 2.10. The molecule has 3 atom stereocenters. The molecule has 3 rings (SSSR count). The molecule has 0 aliphatic carbocycles. The van der Waals surface area contributed by atoms with Crippen LogP contribution < -0.4 is 5.73 Å². The van der Waals surface area contributed by atoms with Gasteiger partial charge in [-0.1, -0.05) is 30.3 Å². The second kappa shape index (κ2) is 3.57. The maximum Gasteiger partial charge on any atom is 0.0567 e. The van der Waals surface area contributed by atoms with Crippen LogP contribution in [-0.4, -0.2) is 24.0 Å². The molecule has 3 unspecified atom stereocenters. The van der Waals surface area contributed by atoms with Crippen LogP contribution in [0.25, 0.3) is 0 Å². The van der Waals surface area contributed by atoms with Gasteiger partial charge < -0.3 is 5.73 Å². The van der Waals surface area contributed by atoms with Crippen LogP contribution in [0.3, 0.4) is 0 Å². The maximum absolute atomic E-state index is 6.71. The molecular weight excluding hydrogens is 196 g/mol. The summed E-state index contributed by atoms with van der Waals surface area (Å²) in [5.41, 5.74) is 7.90. The molecule has 0 spiro atoms. The molecule has 16 heavy (non-hydrogen) atoms. The molecule has 2 heterocycles. The number of piperidine rings is 1. The minimum atomic E-state index is -0.122. The summed E-state index contributed by atoms with van der Waals surface area (Å²) < 4.78 is 0. The Bertz CT molecular complexity index is 376. The van der Waals surface area contributed by atoms with Crippen LogP contribution in [0.2, 0.25) is 0 Å². The summed E-state index contributed by atoms with van der Waals surface area (Å²) in [6, 6.07) is 12.0. The molecule has 0 saturated carbocycles. The van der Waals surface area contributed by atoms with Gasteiger partial charge in [-0.05, 0) is 38.3 Å². The van der Waals surface area contributed by atoms with E-state index in [1.807, 2.05) is 0 Å². The lowest BCUT2D eigenvalue weighted by molar-refractivity contribution is 0.0948. The van der Waals surface area contributed by atoms with E-state index in [2.05, 4.69) is 42.3 Å². The van der Waals surface area contributed by atoms with Gasteiger partial charge in [-0.2, -0.15) is 0 Å². The molecule has 86 valence electrons. The third-order valence-electron chi connectivity index (χ3n) is 4.64. The number of nitrogens with zero attached hydrogens (tertiary/aromatic N) is 1. The van der Waals surface area contributed by atoms with Gasteiger partial charge in [0.25, 0.3) is 0 Å². The summed E-state index contributed by atoms with van der Waals surface area (Å²) in [7, 11) is 2.24. The van der Waals surface area contributed by atoms with Crippen molar-refractivity contribution in [2.75, 3.05) is 7.05 Å². The number of hydrogen-bond donors (Lipinski definition) is 1. The fourth-order valence-electron chi connectivity index (χ4n) is 3.64. The van der Waals surface area contributed by atoms with E-state index in [1.54, 1.807) is 0 Å². The van der Waals surface area contributed by atoms with Gasteiger partial charge in [0.05, 0.1) is 5.54 Å². The van der Waals surface area contributed by atoms with Crippen molar-refractivity contribution in [1.29, 1.82) is 0 Å². The highest BCUT2D eigenvalue weighted by Crippen LogP contribution is 2.44. The van der Waals surface area contributed by atoms with E-state index in [4.69, 9.17) is 5.73 Å². The van der Waals surface area contributed by atoms with Crippen LogP contribution in [0.4, 0.5) is 0 Å². The molecule has 0 radical (unpaired) electrons. The predicted molar refractivity (Wildman–Crippen MR) is 66.1 cm³/mol. The molecule has 2 heteroatoms. The minimum Gasteiger partial charge on any atom is -0.320 e. The van der Waals surface area contributed by atoms with Crippen LogP contribution in [-0.2, 0) is 5.54 Å². The van der Waals surface area contributed by atoms with E-state index < -0.39 is 0 Å². The molecule has 0 aromatic heterocycles. The van der Waals surface area contributed by atoms with Crippen LogP contribution in [0, 0.1) is 0 Å². The summed E-state index contributed by atoms with van der Waals surface area (Å²) >= 11 is 0. The van der Waals surface area contributed by atoms with Gasteiger partial charge in [0.2, 0.25) is 0 Å². The Balaban J connectivity index is 1.99. The van der Waals surface area contributed by atoms with Gasteiger partial charge in [0.1, 0.15) is 0 Å². The van der Waals surface area contributed by atoms with E-state index in [-0.39, 0.29) is 5.54 Å². The first-order valence-corrected chi connectivity index (χ1v) is 6.28. The highest BCUT2D eigenvalue weighted by Gasteiger charge is 2.48. The molecule has 2 nitrogen and oxygen atoms in total. The molecule has 2 aliphatic heterocycles. The monoisotopic (exact) mass is 216 g/mol. The number of nitrogens with two attached hydrogens (primary N) is 1. The maximum atomic E-state index is 6.71. The van der Waals surface area contributed by atoms with Crippen LogP contribution >= 0.6 is 0 Å². The molecule has 2 saturated heterocycles. The lowest BCUT2D eigenvalue weighted by atomic mass is 9.77. The third-order valence-corrected chi connectivity index (χ3v) is 4.64. The van der Waals surface area contributed by atoms with Gasteiger partial charge in [-0.15, -0.1) is 0 Å². The lowest BCUT2D eigenvalue weighted by Gasteiger charge is -2.45. The van der Waals surface area contributed by atoms with Crippen molar-refractivity contribution >= 4 is 0 Å². The Hall–Kier alpha value is -0.860. The van der Waals surface area contributed by atoms with Crippen molar-refractivity contribution in [1.82, 2.24) is 4.90 Å². The number of fused-ring (bicyclic) bond motifs is 2. The summed E-state index contributed by atoms with van der Waals surface area (Å²) in [5, 5.41) is 0. The number of benzene rings is 1. The standard InChI is InChI=1S/C14H20N2/c1-16-12-7-8-13(16)14(15,10-9-12)11-5-3-2-4-6-11/h2-6,12-13H,7-10,15H2,1H3. The fourth-order valence-corrected chi connectivity index (χ4v) is 3.64. The minimum absolute atomic E-state index is 0.122. The first-order chi connectivity index (χ1) is 7.72. The zero-order valence-corrected chi connectivity index (χ0v) is 9.89. The number of likely N-dealkylation sites (N-methyl/N-ethyl adjacent to an activating group) is 1. The molecule has 2 N–H and O–H groups in total. The number of rotatable bonds is 1. The highest BCUT2D eigenvalue weighted by molar-refractivity contribution is 5.28. The van der Waals surface area contributed by atoms with E-state index >= 15 is 0 Å². The van der Waals surface area contributed by atoms with Crippen LogP contribution in [0.1, 0.15) is 31.2 Å². The summed E-state index contributed by atoms with van der Waals surface area (Å²) in [6.45, 7) is 0. The second-order valence-corrected chi connectivity index (χ2v) is 5.36. The second-order valence-electron chi connectivity index (χ2n) is 5.36. The van der Waals surface area contributed by atoms with Gasteiger partial charge in [-0.3, -0.25) is 4.90 Å². The van der Waals surface area contributed by atoms with Crippen molar-refractivity contribution in [2.45, 2.75) is 43.3 Å². The SMILES string of the molecule is CN1C2CCC1C(N)(c1ccccc1)CC2. The van der Waals surface area contributed by atoms with Gasteiger partial charge in [-0.25, -0.2) is 0 Å². The lowest BCUT2D eigenvalue weighted by Crippen LogP contribution is -2.57. The summed E-state index contributed by atoms with van der Waals surface area (Å²) in [5.74, 6) is 0. The molecular formula is C14H20N2. The quantitative estimate of drug-likeness (QED) is 0.779. The molecule has 2 bridgehead atoms. The van der Waals surface area contributed by atoms with Gasteiger partial charge >= 0.3 is 0 Å². The highest BCUT2D eigenvalue weighted by atomic mass is 15.2. The molecule has 0 amide bonds. The van der Waals surface area contributed by atoms with E-state index in [0.29, 0.717) is 6.04 Å². The van der Waals surface area contributed by atoms with Crippen molar-refractivity contribution in [3.05, 3.63) is 35.9 Å². The van der Waals surface area contributed by atoms with Crippen molar-refractivity contribution in [2.24, 2.45) is 5.73 Å². The van der Waals surface area contributed by atoms with Gasteiger partial charge in [0, 0.05) is 12.1 Å². The van der Waals surface area contributed by atoms with Crippen LogP contribution in [0.15, 0.2) is 30.3 Å². The first-order valence-electron chi connectivity index (χ1n) is 6.28. The normalized spacial score (nSPS) is 38.9. The van der Waals surface area contributed by atoms with Crippen molar-refractivity contribution in [3.8, 4) is 0 Å². The van der Waals surface area contributed by atoms with E-state index in [1.165, 1.54) is 24.8 Å². The number of hydrogen-bond acceptors (Lipinski definition) is 2.